The Balaban J connectivity index is 1.63. The van der Waals surface area contributed by atoms with Crippen LogP contribution in [0.5, 0.6) is 11.5 Å². The van der Waals surface area contributed by atoms with Crippen molar-refractivity contribution in [2.24, 2.45) is 0 Å². The maximum Gasteiger partial charge on any atom is 0.254 e. The first-order chi connectivity index (χ1) is 11.5. The molecule has 6 nitrogen and oxygen atoms in total. The van der Waals surface area contributed by atoms with Crippen molar-refractivity contribution >= 4 is 5.91 Å². The molecule has 0 saturated heterocycles. The molecule has 1 aliphatic heterocycles. The van der Waals surface area contributed by atoms with Gasteiger partial charge in [0.15, 0.2) is 0 Å². The van der Waals surface area contributed by atoms with Gasteiger partial charge in [-0.15, -0.1) is 0 Å². The van der Waals surface area contributed by atoms with Crippen molar-refractivity contribution in [2.75, 3.05) is 6.61 Å². The van der Waals surface area contributed by atoms with E-state index in [9.17, 15) is 14.7 Å². The third-order valence-electron chi connectivity index (χ3n) is 4.16. The third kappa shape index (κ3) is 3.59. The van der Waals surface area contributed by atoms with Crippen LogP contribution in [0.1, 0.15) is 17.7 Å². The van der Waals surface area contributed by atoms with Crippen molar-refractivity contribution in [3.63, 3.8) is 0 Å². The lowest BCUT2D eigenvalue weighted by atomic mass is 10.1. The summed E-state index contributed by atoms with van der Waals surface area (Å²) in [4.78, 5) is 24.2. The summed E-state index contributed by atoms with van der Waals surface area (Å²) in [5, 5.41) is 12.3. The normalized spacial score (nSPS) is 16.6. The Bertz CT molecular complexity index is 786. The molecule has 0 fully saturated rings. The second-order valence-electron chi connectivity index (χ2n) is 6.00. The highest BCUT2D eigenvalue weighted by atomic mass is 16.5. The number of nitrogens with zero attached hydrogens (tertiary/aromatic N) is 1. The fourth-order valence-electron chi connectivity index (χ4n) is 2.90. The summed E-state index contributed by atoms with van der Waals surface area (Å²) in [6.45, 7) is 2.01. The minimum Gasteiger partial charge on any atom is -0.508 e. The number of nitrogens with one attached hydrogen (secondary N) is 1. The van der Waals surface area contributed by atoms with Crippen molar-refractivity contribution in [3.8, 4) is 11.5 Å². The Morgan fingerprint density at radius 1 is 1.38 bits per heavy atom. The first kappa shape index (κ1) is 16.1. The number of carbonyl (C=O) groups excluding carboxylic acids is 1. The van der Waals surface area contributed by atoms with Crippen molar-refractivity contribution in [1.29, 1.82) is 0 Å². The van der Waals surface area contributed by atoms with Crippen LogP contribution in [0.2, 0.25) is 0 Å². The number of carbonyl (C=O) groups is 1. The van der Waals surface area contributed by atoms with Crippen molar-refractivity contribution < 1.29 is 14.6 Å². The van der Waals surface area contributed by atoms with Gasteiger partial charge in [0.1, 0.15) is 24.7 Å². The van der Waals surface area contributed by atoms with Crippen LogP contribution in [0.25, 0.3) is 0 Å². The molecule has 3 rings (SSSR count). The minimum atomic E-state index is -0.396. The van der Waals surface area contributed by atoms with Gasteiger partial charge in [-0.2, -0.15) is 0 Å². The highest BCUT2D eigenvalue weighted by Gasteiger charge is 2.19. The van der Waals surface area contributed by atoms with Gasteiger partial charge in [0.05, 0.1) is 6.04 Å². The van der Waals surface area contributed by atoms with E-state index in [-0.39, 0.29) is 24.2 Å². The van der Waals surface area contributed by atoms with E-state index in [1.54, 1.807) is 6.92 Å². The lowest BCUT2D eigenvalue weighted by molar-refractivity contribution is -0.122. The SMILES string of the molecule is Cc1cc(O)cc(=O)n1CC(=O)NC1CCc2ccccc2OC1. The van der Waals surface area contributed by atoms with Gasteiger partial charge in [0.2, 0.25) is 5.91 Å². The standard InChI is InChI=1S/C18H20N2O4/c1-12-8-15(21)9-18(23)20(12)10-17(22)19-14-7-6-13-4-2-3-5-16(13)24-11-14/h2-5,8-9,14,21H,6-7,10-11H2,1H3,(H,19,22). The maximum absolute atomic E-state index is 12.3. The Labute approximate surface area is 139 Å². The van der Waals surface area contributed by atoms with Gasteiger partial charge < -0.3 is 19.7 Å². The zero-order valence-corrected chi connectivity index (χ0v) is 13.5. The number of amides is 1. The molecule has 1 amide bonds. The number of benzene rings is 1. The number of aryl methyl sites for hydroxylation is 2. The van der Waals surface area contributed by atoms with E-state index in [1.807, 2.05) is 24.3 Å². The molecule has 1 unspecified atom stereocenters. The molecule has 2 N–H and O–H groups in total. The molecule has 0 radical (unpaired) electrons. The summed E-state index contributed by atoms with van der Waals surface area (Å²) in [7, 11) is 0. The Morgan fingerprint density at radius 2 is 2.17 bits per heavy atom. The van der Waals surface area contributed by atoms with Gasteiger partial charge >= 0.3 is 0 Å². The molecule has 2 heterocycles. The summed E-state index contributed by atoms with van der Waals surface area (Å²) >= 11 is 0. The van der Waals surface area contributed by atoms with Crippen LogP contribution in [0.4, 0.5) is 0 Å². The second kappa shape index (κ2) is 6.78. The molecule has 1 aromatic heterocycles. The monoisotopic (exact) mass is 328 g/mol. The third-order valence-corrected chi connectivity index (χ3v) is 4.16. The molecule has 1 aliphatic rings. The van der Waals surface area contributed by atoms with Crippen LogP contribution in [0.3, 0.4) is 0 Å². The van der Waals surface area contributed by atoms with Crippen LogP contribution < -0.4 is 15.6 Å². The molecule has 126 valence electrons. The van der Waals surface area contributed by atoms with Gasteiger partial charge in [-0.05, 0) is 37.5 Å². The number of aromatic hydroxyl groups is 1. The van der Waals surface area contributed by atoms with Crippen molar-refractivity contribution in [3.05, 3.63) is 58.0 Å². The maximum atomic E-state index is 12.3. The summed E-state index contributed by atoms with van der Waals surface area (Å²) in [5.74, 6) is 0.523. The van der Waals surface area contributed by atoms with Crippen LogP contribution in [0, 0.1) is 6.92 Å². The predicted molar refractivity (Wildman–Crippen MR) is 89.3 cm³/mol. The van der Waals surface area contributed by atoms with Gasteiger partial charge in [-0.1, -0.05) is 18.2 Å². The van der Waals surface area contributed by atoms with Gasteiger partial charge in [-0.25, -0.2) is 0 Å². The highest BCUT2D eigenvalue weighted by Crippen LogP contribution is 2.23. The zero-order chi connectivity index (χ0) is 17.1. The number of hydrogen-bond donors (Lipinski definition) is 2. The largest absolute Gasteiger partial charge is 0.508 e. The lowest BCUT2D eigenvalue weighted by Gasteiger charge is -2.17. The van der Waals surface area contributed by atoms with E-state index < -0.39 is 5.56 Å². The topological polar surface area (TPSA) is 80.6 Å². The van der Waals surface area contributed by atoms with E-state index in [1.165, 1.54) is 10.6 Å². The Morgan fingerprint density at radius 3 is 2.96 bits per heavy atom. The molecule has 0 saturated carbocycles. The summed E-state index contributed by atoms with van der Waals surface area (Å²) in [6.07, 6.45) is 1.62. The van der Waals surface area contributed by atoms with Crippen molar-refractivity contribution in [2.45, 2.75) is 32.4 Å². The van der Waals surface area contributed by atoms with Gasteiger partial charge in [0, 0.05) is 11.8 Å². The number of hydrogen-bond acceptors (Lipinski definition) is 4. The summed E-state index contributed by atoms with van der Waals surface area (Å²) in [5.41, 5.74) is 1.28. The average molecular weight is 328 g/mol. The summed E-state index contributed by atoms with van der Waals surface area (Å²) < 4.78 is 7.09. The smallest absolute Gasteiger partial charge is 0.254 e. The molecular formula is C18H20N2O4. The van der Waals surface area contributed by atoms with Crippen LogP contribution in [-0.2, 0) is 17.8 Å². The van der Waals surface area contributed by atoms with E-state index in [0.717, 1.165) is 30.2 Å². The van der Waals surface area contributed by atoms with Crippen LogP contribution in [-0.4, -0.2) is 28.2 Å². The lowest BCUT2D eigenvalue weighted by Crippen LogP contribution is -2.42. The second-order valence-corrected chi connectivity index (χ2v) is 6.00. The van der Waals surface area contributed by atoms with E-state index in [0.29, 0.717) is 12.3 Å². The minimum absolute atomic E-state index is 0.0750. The first-order valence-corrected chi connectivity index (χ1v) is 7.93. The molecule has 2 aromatic rings. The number of rotatable bonds is 3. The van der Waals surface area contributed by atoms with E-state index >= 15 is 0 Å². The molecule has 1 aromatic carbocycles. The van der Waals surface area contributed by atoms with E-state index in [2.05, 4.69) is 5.32 Å². The van der Waals surface area contributed by atoms with Gasteiger partial charge in [-0.3, -0.25) is 9.59 Å². The predicted octanol–water partition coefficient (Wildman–Crippen LogP) is 1.37. The number of fused-ring (bicyclic) bond motifs is 1. The fraction of sp³-hybridized carbons (Fsp3) is 0.333. The Kier molecular flexibility index (Phi) is 4.55. The molecule has 6 heteroatoms. The van der Waals surface area contributed by atoms with Gasteiger partial charge in [0.25, 0.3) is 5.56 Å². The average Bonchev–Trinajstić information content (AvgIpc) is 2.74. The quantitative estimate of drug-likeness (QED) is 0.892. The zero-order valence-electron chi connectivity index (χ0n) is 13.5. The molecule has 24 heavy (non-hydrogen) atoms. The fourth-order valence-corrected chi connectivity index (χ4v) is 2.90. The summed E-state index contributed by atoms with van der Waals surface area (Å²) in [6, 6.07) is 10.3. The Hall–Kier alpha value is -2.76. The number of aromatic nitrogens is 1. The number of para-hydroxylation sites is 1. The van der Waals surface area contributed by atoms with Crippen LogP contribution >= 0.6 is 0 Å². The number of ether oxygens (including phenoxy) is 1. The van der Waals surface area contributed by atoms with E-state index in [4.69, 9.17) is 4.74 Å². The first-order valence-electron chi connectivity index (χ1n) is 7.93. The molecule has 0 aliphatic carbocycles. The van der Waals surface area contributed by atoms with Crippen molar-refractivity contribution in [1.82, 2.24) is 9.88 Å². The molecular weight excluding hydrogens is 308 g/mol. The highest BCUT2D eigenvalue weighted by molar-refractivity contribution is 5.76. The molecule has 0 bridgehead atoms. The van der Waals surface area contributed by atoms with Crippen LogP contribution in [0.15, 0.2) is 41.2 Å². The number of pyridine rings is 1. The molecule has 1 atom stereocenters. The molecule has 0 spiro atoms.